The molecule has 3 rings (SSSR count). The van der Waals surface area contributed by atoms with Crippen molar-refractivity contribution >= 4 is 52.6 Å². The van der Waals surface area contributed by atoms with Crippen molar-refractivity contribution in [3.8, 4) is 0 Å². The number of hydrogen-bond donors (Lipinski definition) is 3. The lowest BCUT2D eigenvalue weighted by molar-refractivity contribution is -0.114. The van der Waals surface area contributed by atoms with Crippen molar-refractivity contribution < 1.29 is 9.18 Å². The second kappa shape index (κ2) is 12.2. The molecule has 166 valence electrons. The molecule has 7 nitrogen and oxygen atoms in total. The van der Waals surface area contributed by atoms with Gasteiger partial charge in [-0.05, 0) is 56.7 Å². The number of para-hydroxylation sites is 2. The Morgan fingerprint density at radius 1 is 1.13 bits per heavy atom. The van der Waals surface area contributed by atoms with Crippen molar-refractivity contribution in [2.45, 2.75) is 26.8 Å². The SMILES string of the molecule is CCNC(=NCC(=O)Nc1ccc(F)cc1)NCCCn1c(C)nc2ccccc21.I. The lowest BCUT2D eigenvalue weighted by Crippen LogP contribution is -2.38. The number of nitrogens with one attached hydrogen (secondary N) is 3. The lowest BCUT2D eigenvalue weighted by atomic mass is 10.3. The van der Waals surface area contributed by atoms with Gasteiger partial charge in [0.15, 0.2) is 5.96 Å². The zero-order valence-electron chi connectivity index (χ0n) is 17.7. The van der Waals surface area contributed by atoms with Gasteiger partial charge < -0.3 is 20.5 Å². The van der Waals surface area contributed by atoms with Crippen molar-refractivity contribution in [2.75, 3.05) is 25.0 Å². The number of carbonyl (C=O) groups excluding carboxylic acids is 1. The van der Waals surface area contributed by atoms with Gasteiger partial charge in [0, 0.05) is 25.3 Å². The maximum absolute atomic E-state index is 12.9. The van der Waals surface area contributed by atoms with Crippen LogP contribution in [0, 0.1) is 12.7 Å². The summed E-state index contributed by atoms with van der Waals surface area (Å²) in [5, 5.41) is 9.08. The molecule has 31 heavy (non-hydrogen) atoms. The summed E-state index contributed by atoms with van der Waals surface area (Å²) in [4.78, 5) is 21.0. The highest BCUT2D eigenvalue weighted by Gasteiger charge is 2.07. The molecule has 1 aromatic heterocycles. The summed E-state index contributed by atoms with van der Waals surface area (Å²) in [6.45, 7) is 6.19. The number of hydrogen-bond acceptors (Lipinski definition) is 3. The van der Waals surface area contributed by atoms with Crippen LogP contribution in [0.25, 0.3) is 11.0 Å². The number of carbonyl (C=O) groups is 1. The van der Waals surface area contributed by atoms with E-state index in [9.17, 15) is 9.18 Å². The third-order valence-corrected chi connectivity index (χ3v) is 4.55. The van der Waals surface area contributed by atoms with E-state index in [0.29, 0.717) is 24.7 Å². The molecule has 0 unspecified atom stereocenters. The topological polar surface area (TPSA) is 83.3 Å². The van der Waals surface area contributed by atoms with Crippen LogP contribution in [0.4, 0.5) is 10.1 Å². The van der Waals surface area contributed by atoms with Crippen molar-refractivity contribution in [3.63, 3.8) is 0 Å². The molecule has 1 amide bonds. The fraction of sp³-hybridized carbons (Fsp3) is 0.318. The Kier molecular flexibility index (Phi) is 9.70. The van der Waals surface area contributed by atoms with E-state index in [-0.39, 0.29) is 42.2 Å². The molecule has 0 saturated heterocycles. The van der Waals surface area contributed by atoms with E-state index in [1.165, 1.54) is 24.3 Å². The number of imidazole rings is 1. The normalized spacial score (nSPS) is 11.1. The van der Waals surface area contributed by atoms with E-state index >= 15 is 0 Å². The number of halogens is 2. The van der Waals surface area contributed by atoms with E-state index in [1.54, 1.807) is 0 Å². The van der Waals surface area contributed by atoms with Gasteiger partial charge in [-0.15, -0.1) is 24.0 Å². The van der Waals surface area contributed by atoms with Crippen LogP contribution >= 0.6 is 24.0 Å². The highest BCUT2D eigenvalue weighted by atomic mass is 127. The van der Waals surface area contributed by atoms with Crippen molar-refractivity contribution in [1.82, 2.24) is 20.2 Å². The highest BCUT2D eigenvalue weighted by molar-refractivity contribution is 14.0. The molecular weight excluding hydrogens is 510 g/mol. The van der Waals surface area contributed by atoms with Gasteiger partial charge in [0.1, 0.15) is 18.2 Å². The van der Waals surface area contributed by atoms with Crippen LogP contribution in [0.5, 0.6) is 0 Å². The van der Waals surface area contributed by atoms with Crippen LogP contribution < -0.4 is 16.0 Å². The number of aromatic nitrogens is 2. The zero-order valence-corrected chi connectivity index (χ0v) is 20.0. The number of anilines is 1. The largest absolute Gasteiger partial charge is 0.357 e. The van der Waals surface area contributed by atoms with E-state index < -0.39 is 0 Å². The predicted octanol–water partition coefficient (Wildman–Crippen LogP) is 3.69. The van der Waals surface area contributed by atoms with Crippen molar-refractivity contribution in [2.24, 2.45) is 4.99 Å². The maximum Gasteiger partial charge on any atom is 0.246 e. The van der Waals surface area contributed by atoms with Crippen molar-refractivity contribution in [1.29, 1.82) is 0 Å². The van der Waals surface area contributed by atoms with Crippen LogP contribution in [-0.4, -0.2) is 41.1 Å². The molecule has 0 aliphatic rings. The fourth-order valence-corrected chi connectivity index (χ4v) is 3.15. The molecule has 0 aliphatic heterocycles. The number of amides is 1. The first-order valence-electron chi connectivity index (χ1n) is 10.1. The van der Waals surface area contributed by atoms with Crippen LogP contribution in [0.2, 0.25) is 0 Å². The first-order chi connectivity index (χ1) is 14.6. The summed E-state index contributed by atoms with van der Waals surface area (Å²) < 4.78 is 15.1. The Hall–Kier alpha value is -2.69. The molecule has 0 spiro atoms. The predicted molar refractivity (Wildman–Crippen MR) is 134 cm³/mol. The summed E-state index contributed by atoms with van der Waals surface area (Å²) in [5.41, 5.74) is 2.68. The third kappa shape index (κ3) is 7.20. The first-order valence-corrected chi connectivity index (χ1v) is 10.1. The quantitative estimate of drug-likeness (QED) is 0.177. The molecule has 3 N–H and O–H groups in total. The summed E-state index contributed by atoms with van der Waals surface area (Å²) in [7, 11) is 0. The molecule has 1 heterocycles. The fourth-order valence-electron chi connectivity index (χ4n) is 3.15. The van der Waals surface area contributed by atoms with Gasteiger partial charge in [0.2, 0.25) is 5.91 Å². The Labute approximate surface area is 198 Å². The molecular formula is C22H28FIN6O. The van der Waals surface area contributed by atoms with Crippen LogP contribution in [0.15, 0.2) is 53.5 Å². The van der Waals surface area contributed by atoms with Gasteiger partial charge in [-0.3, -0.25) is 4.79 Å². The molecule has 0 bridgehead atoms. The first kappa shape index (κ1) is 24.6. The molecule has 9 heteroatoms. The summed E-state index contributed by atoms with van der Waals surface area (Å²) in [6.07, 6.45) is 0.882. The molecule has 0 saturated carbocycles. The van der Waals surface area contributed by atoms with Gasteiger partial charge in [-0.2, -0.15) is 0 Å². The summed E-state index contributed by atoms with van der Waals surface area (Å²) in [6, 6.07) is 13.7. The second-order valence-corrected chi connectivity index (χ2v) is 6.83. The summed E-state index contributed by atoms with van der Waals surface area (Å²) in [5.74, 6) is 0.969. The average Bonchev–Trinajstić information content (AvgIpc) is 3.06. The van der Waals surface area contributed by atoms with Gasteiger partial charge in [0.05, 0.1) is 11.0 Å². The molecule has 0 atom stereocenters. The Balaban J connectivity index is 0.00000341. The lowest BCUT2D eigenvalue weighted by Gasteiger charge is -2.12. The zero-order chi connectivity index (χ0) is 21.3. The molecule has 0 radical (unpaired) electrons. The van der Waals surface area contributed by atoms with E-state index in [1.807, 2.05) is 32.0 Å². The van der Waals surface area contributed by atoms with E-state index in [4.69, 9.17) is 0 Å². The second-order valence-electron chi connectivity index (χ2n) is 6.83. The number of aliphatic imine (C=N–C) groups is 1. The van der Waals surface area contributed by atoms with Gasteiger partial charge in [-0.1, -0.05) is 12.1 Å². The van der Waals surface area contributed by atoms with Crippen LogP contribution in [0.1, 0.15) is 19.2 Å². The van der Waals surface area contributed by atoms with Crippen molar-refractivity contribution in [3.05, 3.63) is 60.2 Å². The Morgan fingerprint density at radius 3 is 2.61 bits per heavy atom. The smallest absolute Gasteiger partial charge is 0.246 e. The van der Waals surface area contributed by atoms with Crippen LogP contribution in [-0.2, 0) is 11.3 Å². The molecule has 0 aliphatic carbocycles. The minimum absolute atomic E-state index is 0. The highest BCUT2D eigenvalue weighted by Crippen LogP contribution is 2.15. The average molecular weight is 538 g/mol. The number of guanidine groups is 1. The third-order valence-electron chi connectivity index (χ3n) is 4.55. The minimum Gasteiger partial charge on any atom is -0.357 e. The number of nitrogens with zero attached hydrogens (tertiary/aromatic N) is 3. The van der Waals surface area contributed by atoms with E-state index in [0.717, 1.165) is 29.8 Å². The Morgan fingerprint density at radius 2 is 1.87 bits per heavy atom. The van der Waals surface area contributed by atoms with Gasteiger partial charge in [0.25, 0.3) is 0 Å². The monoisotopic (exact) mass is 538 g/mol. The summed E-state index contributed by atoms with van der Waals surface area (Å²) >= 11 is 0. The number of rotatable bonds is 8. The molecule has 0 fully saturated rings. The Bertz CT molecular complexity index is 1020. The minimum atomic E-state index is -0.344. The standard InChI is InChI=1S/C22H27FN6O.HI/c1-3-24-22(26-15-21(30)28-18-11-9-17(23)10-12-18)25-13-6-14-29-16(2)27-19-7-4-5-8-20(19)29;/h4-5,7-12H,3,6,13-15H2,1-2H3,(H,28,30)(H2,24,25,26);1H. The molecule has 3 aromatic rings. The molecule has 2 aromatic carbocycles. The number of aryl methyl sites for hydroxylation is 2. The van der Waals surface area contributed by atoms with Gasteiger partial charge in [-0.25, -0.2) is 14.4 Å². The number of fused-ring (bicyclic) bond motifs is 1. The van der Waals surface area contributed by atoms with E-state index in [2.05, 4.69) is 36.6 Å². The van der Waals surface area contributed by atoms with Crippen LogP contribution in [0.3, 0.4) is 0 Å². The number of benzene rings is 2. The maximum atomic E-state index is 12.9. The van der Waals surface area contributed by atoms with Gasteiger partial charge >= 0.3 is 0 Å².